The Hall–Kier alpha value is -1.22. The molecule has 3 nitrogen and oxygen atoms in total. The van der Waals surface area contributed by atoms with Gasteiger partial charge in [-0.25, -0.2) is 0 Å². The van der Waals surface area contributed by atoms with Crippen LogP contribution in [0.15, 0.2) is 35.5 Å². The minimum absolute atomic E-state index is 0.0574. The number of benzene rings is 1. The topological polar surface area (TPSA) is 29.4 Å². The van der Waals surface area contributed by atoms with E-state index in [2.05, 4.69) is 36.5 Å². The predicted octanol–water partition coefficient (Wildman–Crippen LogP) is 2.56. The predicted molar refractivity (Wildman–Crippen MR) is 64.9 cm³/mol. The first-order valence-corrected chi connectivity index (χ1v) is 5.92. The molecule has 0 bridgehead atoms. The first kappa shape index (κ1) is 11.3. The summed E-state index contributed by atoms with van der Waals surface area (Å²) in [4.78, 5) is 10.5. The molecule has 0 spiro atoms. The Labute approximate surface area is 96.6 Å². The van der Waals surface area contributed by atoms with Gasteiger partial charge in [-0.1, -0.05) is 35.5 Å². The molecule has 0 amide bonds. The summed E-state index contributed by atoms with van der Waals surface area (Å²) in [5.74, 6) is 0. The minimum Gasteiger partial charge on any atom is -0.322 e. The number of piperidine rings is 1. The summed E-state index contributed by atoms with van der Waals surface area (Å²) in [7, 11) is 2.27. The van der Waals surface area contributed by atoms with Gasteiger partial charge in [-0.15, -0.1) is 0 Å². The number of likely N-dealkylation sites (tertiary alicyclic amines) is 1. The molecule has 1 aliphatic rings. The van der Waals surface area contributed by atoms with Crippen LogP contribution in [0.3, 0.4) is 0 Å². The van der Waals surface area contributed by atoms with Crippen LogP contribution in [0.25, 0.3) is 0 Å². The summed E-state index contributed by atoms with van der Waals surface area (Å²) in [6.07, 6.45) is 1.87. The highest BCUT2D eigenvalue weighted by Crippen LogP contribution is 2.22. The molecule has 0 saturated carbocycles. The number of nitrogens with zero attached hydrogens (tertiary/aromatic N) is 2. The van der Waals surface area contributed by atoms with Crippen LogP contribution < -0.4 is 0 Å². The van der Waals surface area contributed by atoms with Gasteiger partial charge in [0, 0.05) is 18.4 Å². The van der Waals surface area contributed by atoms with Crippen LogP contribution in [-0.4, -0.2) is 30.7 Å². The van der Waals surface area contributed by atoms with Crippen molar-refractivity contribution in [2.24, 2.45) is 5.18 Å². The van der Waals surface area contributed by atoms with Crippen molar-refractivity contribution >= 4 is 0 Å². The lowest BCUT2D eigenvalue weighted by Crippen LogP contribution is -2.49. The summed E-state index contributed by atoms with van der Waals surface area (Å²) in [6.45, 7) is 3.18. The molecule has 0 N–H and O–H groups in total. The fraction of sp³-hybridized carbons (Fsp3) is 0.538. The molecule has 0 aromatic heterocycles. The molecule has 1 aromatic carbocycles. The van der Waals surface area contributed by atoms with Crippen LogP contribution in [0.5, 0.6) is 0 Å². The van der Waals surface area contributed by atoms with Gasteiger partial charge in [0.2, 0.25) is 0 Å². The van der Waals surface area contributed by atoms with E-state index in [4.69, 9.17) is 0 Å². The molecule has 1 heterocycles. The second-order valence-corrected chi connectivity index (χ2v) is 5.05. The lowest BCUT2D eigenvalue weighted by atomic mass is 10.0. The third-order valence-corrected chi connectivity index (χ3v) is 3.56. The molecule has 0 radical (unpaired) electrons. The lowest BCUT2D eigenvalue weighted by molar-refractivity contribution is -0.927. The Morgan fingerprint density at radius 3 is 2.44 bits per heavy atom. The van der Waals surface area contributed by atoms with E-state index in [1.807, 2.05) is 6.07 Å². The maximum atomic E-state index is 10.5. The summed E-state index contributed by atoms with van der Waals surface area (Å²) < 4.78 is 1.04. The lowest BCUT2D eigenvalue weighted by Gasteiger charge is -2.39. The maximum absolute atomic E-state index is 10.5. The third-order valence-electron chi connectivity index (χ3n) is 3.56. The zero-order valence-electron chi connectivity index (χ0n) is 9.80. The highest BCUT2D eigenvalue weighted by atomic mass is 16.3. The summed E-state index contributed by atoms with van der Waals surface area (Å²) >= 11 is 0. The van der Waals surface area contributed by atoms with Gasteiger partial charge >= 0.3 is 0 Å². The average molecular weight is 219 g/mol. The van der Waals surface area contributed by atoms with Gasteiger partial charge in [0.15, 0.2) is 0 Å². The second kappa shape index (κ2) is 4.74. The van der Waals surface area contributed by atoms with Crippen LogP contribution in [0.4, 0.5) is 0 Å². The molecule has 1 fully saturated rings. The Bertz CT molecular complexity index is 342. The molecule has 1 aromatic rings. The fourth-order valence-corrected chi connectivity index (χ4v) is 2.47. The maximum Gasteiger partial charge on any atom is 0.104 e. The van der Waals surface area contributed by atoms with Crippen molar-refractivity contribution in [1.29, 1.82) is 0 Å². The number of nitroso groups, excluding NO2 is 1. The van der Waals surface area contributed by atoms with Crippen molar-refractivity contribution in [3.63, 3.8) is 0 Å². The van der Waals surface area contributed by atoms with E-state index in [9.17, 15) is 4.91 Å². The van der Waals surface area contributed by atoms with Gasteiger partial charge in [-0.2, -0.15) is 4.91 Å². The van der Waals surface area contributed by atoms with E-state index in [0.29, 0.717) is 0 Å². The van der Waals surface area contributed by atoms with Crippen molar-refractivity contribution in [1.82, 2.24) is 0 Å². The smallest absolute Gasteiger partial charge is 0.104 e. The molecular weight excluding hydrogens is 200 g/mol. The minimum atomic E-state index is 0.0574. The molecule has 16 heavy (non-hydrogen) atoms. The van der Waals surface area contributed by atoms with E-state index in [-0.39, 0.29) is 6.04 Å². The monoisotopic (exact) mass is 219 g/mol. The molecular formula is C13H19N2O+. The summed E-state index contributed by atoms with van der Waals surface area (Å²) in [5.41, 5.74) is 1.38. The fourth-order valence-electron chi connectivity index (χ4n) is 2.47. The van der Waals surface area contributed by atoms with Crippen molar-refractivity contribution < 1.29 is 4.48 Å². The quantitative estimate of drug-likeness (QED) is 0.567. The Morgan fingerprint density at radius 1 is 1.25 bits per heavy atom. The van der Waals surface area contributed by atoms with E-state index in [1.54, 1.807) is 0 Å². The van der Waals surface area contributed by atoms with Crippen LogP contribution in [0, 0.1) is 4.91 Å². The van der Waals surface area contributed by atoms with Gasteiger partial charge in [0.05, 0.1) is 20.1 Å². The molecule has 1 saturated heterocycles. The average Bonchev–Trinajstić information content (AvgIpc) is 2.31. The Balaban J connectivity index is 1.97. The zero-order chi connectivity index (χ0) is 11.4. The summed E-state index contributed by atoms with van der Waals surface area (Å²) in [6, 6.07) is 10.6. The van der Waals surface area contributed by atoms with Gasteiger partial charge in [-0.3, -0.25) is 0 Å². The van der Waals surface area contributed by atoms with E-state index in [1.165, 1.54) is 5.56 Å². The summed E-state index contributed by atoms with van der Waals surface area (Å²) in [5, 5.41) is 3.16. The largest absolute Gasteiger partial charge is 0.322 e. The Kier molecular flexibility index (Phi) is 3.34. The Morgan fingerprint density at radius 2 is 1.88 bits per heavy atom. The van der Waals surface area contributed by atoms with E-state index >= 15 is 0 Å². The normalized spacial score (nSPS) is 29.9. The molecule has 0 aliphatic carbocycles. The van der Waals surface area contributed by atoms with E-state index < -0.39 is 0 Å². The van der Waals surface area contributed by atoms with Gasteiger partial charge < -0.3 is 4.48 Å². The third kappa shape index (κ3) is 2.67. The highest BCUT2D eigenvalue weighted by molar-refractivity contribution is 5.13. The van der Waals surface area contributed by atoms with Crippen molar-refractivity contribution in [2.75, 3.05) is 20.1 Å². The zero-order valence-corrected chi connectivity index (χ0v) is 9.80. The van der Waals surface area contributed by atoms with Crippen molar-refractivity contribution in [2.45, 2.75) is 25.4 Å². The molecule has 1 aliphatic heterocycles. The van der Waals surface area contributed by atoms with Crippen molar-refractivity contribution in [3.8, 4) is 0 Å². The molecule has 86 valence electrons. The number of rotatable bonds is 3. The van der Waals surface area contributed by atoms with Crippen LogP contribution in [0.2, 0.25) is 0 Å². The number of quaternary nitrogens is 1. The van der Waals surface area contributed by atoms with Gasteiger partial charge in [0.1, 0.15) is 12.6 Å². The first-order valence-electron chi connectivity index (χ1n) is 5.92. The van der Waals surface area contributed by atoms with Gasteiger partial charge in [-0.05, 0) is 0 Å². The van der Waals surface area contributed by atoms with Crippen LogP contribution in [-0.2, 0) is 6.54 Å². The second-order valence-electron chi connectivity index (χ2n) is 5.05. The molecule has 2 rings (SSSR count). The van der Waals surface area contributed by atoms with Gasteiger partial charge in [0.25, 0.3) is 0 Å². The number of hydrogen-bond acceptors (Lipinski definition) is 2. The standard InChI is InChI=1S/C13H19N2O/c1-15(9-7-13(14-16)8-10-15)11-12-5-3-2-4-6-12/h2-6,13H,7-11H2,1H3/q+1. The number of hydrogen-bond donors (Lipinski definition) is 0. The first-order chi connectivity index (χ1) is 7.72. The van der Waals surface area contributed by atoms with Crippen molar-refractivity contribution in [3.05, 3.63) is 40.8 Å². The molecule has 3 heteroatoms. The van der Waals surface area contributed by atoms with Crippen LogP contribution >= 0.6 is 0 Å². The van der Waals surface area contributed by atoms with Crippen LogP contribution in [0.1, 0.15) is 18.4 Å². The molecule has 0 atom stereocenters. The highest BCUT2D eigenvalue weighted by Gasteiger charge is 2.30. The van der Waals surface area contributed by atoms with E-state index in [0.717, 1.165) is 37.0 Å². The SMILES string of the molecule is C[N+]1(Cc2ccccc2)CCC(N=O)CC1. The molecule has 0 unspecified atom stereocenters.